The summed E-state index contributed by atoms with van der Waals surface area (Å²) >= 11 is 0. The maximum atomic E-state index is 12.7. The third-order valence-corrected chi connectivity index (χ3v) is 4.53. The number of benzene rings is 2. The van der Waals surface area contributed by atoms with Crippen molar-refractivity contribution in [3.8, 4) is 0 Å². The number of methoxy groups -OCH3 is 1. The minimum Gasteiger partial charge on any atom is -0.465 e. The second-order valence-corrected chi connectivity index (χ2v) is 6.26. The second kappa shape index (κ2) is 7.38. The van der Waals surface area contributed by atoms with Crippen LogP contribution < -0.4 is 5.32 Å². The second-order valence-electron chi connectivity index (χ2n) is 6.26. The molecule has 130 valence electrons. The van der Waals surface area contributed by atoms with E-state index in [2.05, 4.69) is 41.2 Å². The van der Waals surface area contributed by atoms with Gasteiger partial charge in [-0.3, -0.25) is 0 Å². The monoisotopic (exact) mass is 338 g/mol. The number of hydrogen-bond donors (Lipinski definition) is 1. The Morgan fingerprint density at radius 3 is 2.40 bits per heavy atom. The molecule has 0 aliphatic carbocycles. The molecule has 1 fully saturated rings. The van der Waals surface area contributed by atoms with Crippen molar-refractivity contribution in [3.05, 3.63) is 65.2 Å². The smallest absolute Gasteiger partial charge is 0.337 e. The molecule has 5 heteroatoms. The third-order valence-electron chi connectivity index (χ3n) is 4.53. The molecule has 3 rings (SSSR count). The van der Waals surface area contributed by atoms with Gasteiger partial charge in [0, 0.05) is 12.2 Å². The van der Waals surface area contributed by atoms with Gasteiger partial charge in [0.25, 0.3) is 0 Å². The number of aryl methyl sites for hydroxylation is 1. The van der Waals surface area contributed by atoms with Crippen LogP contribution in [0.2, 0.25) is 0 Å². The first-order valence-electron chi connectivity index (χ1n) is 8.41. The average Bonchev–Trinajstić information content (AvgIpc) is 3.12. The van der Waals surface area contributed by atoms with Crippen LogP contribution in [0.1, 0.15) is 40.4 Å². The summed E-state index contributed by atoms with van der Waals surface area (Å²) in [5, 5.41) is 2.91. The van der Waals surface area contributed by atoms with E-state index in [1.54, 1.807) is 24.3 Å². The van der Waals surface area contributed by atoms with Gasteiger partial charge in [-0.25, -0.2) is 9.59 Å². The molecule has 1 aliphatic rings. The molecule has 2 aromatic carbocycles. The van der Waals surface area contributed by atoms with Gasteiger partial charge in [-0.2, -0.15) is 0 Å². The number of urea groups is 1. The Morgan fingerprint density at radius 1 is 1.08 bits per heavy atom. The largest absolute Gasteiger partial charge is 0.465 e. The van der Waals surface area contributed by atoms with Crippen LogP contribution in [0.25, 0.3) is 0 Å². The van der Waals surface area contributed by atoms with Crippen LogP contribution in [0.15, 0.2) is 48.5 Å². The molecule has 2 aromatic rings. The summed E-state index contributed by atoms with van der Waals surface area (Å²) in [5.41, 5.74) is 3.49. The highest BCUT2D eigenvalue weighted by atomic mass is 16.5. The number of hydrogen-bond acceptors (Lipinski definition) is 3. The third kappa shape index (κ3) is 3.82. The van der Waals surface area contributed by atoms with Gasteiger partial charge in [0.15, 0.2) is 0 Å². The number of rotatable bonds is 3. The summed E-state index contributed by atoms with van der Waals surface area (Å²) in [7, 11) is 1.34. The highest BCUT2D eigenvalue weighted by molar-refractivity contribution is 5.92. The molecule has 1 aliphatic heterocycles. The molecule has 1 saturated heterocycles. The maximum Gasteiger partial charge on any atom is 0.337 e. The zero-order chi connectivity index (χ0) is 17.8. The van der Waals surface area contributed by atoms with Crippen molar-refractivity contribution in [2.24, 2.45) is 0 Å². The number of likely N-dealkylation sites (tertiary alicyclic amines) is 1. The summed E-state index contributed by atoms with van der Waals surface area (Å²) in [6.45, 7) is 2.80. The van der Waals surface area contributed by atoms with Crippen molar-refractivity contribution in [3.63, 3.8) is 0 Å². The van der Waals surface area contributed by atoms with E-state index in [9.17, 15) is 9.59 Å². The van der Waals surface area contributed by atoms with Gasteiger partial charge < -0.3 is 15.0 Å². The molecule has 0 spiro atoms. The topological polar surface area (TPSA) is 58.6 Å². The molecule has 1 unspecified atom stereocenters. The van der Waals surface area contributed by atoms with Gasteiger partial charge >= 0.3 is 12.0 Å². The predicted molar refractivity (Wildman–Crippen MR) is 96.7 cm³/mol. The van der Waals surface area contributed by atoms with Gasteiger partial charge in [0.1, 0.15) is 0 Å². The summed E-state index contributed by atoms with van der Waals surface area (Å²) in [6.07, 6.45) is 1.96. The fourth-order valence-electron chi connectivity index (χ4n) is 3.15. The molecule has 5 nitrogen and oxygen atoms in total. The van der Waals surface area contributed by atoms with E-state index in [0.717, 1.165) is 19.4 Å². The van der Waals surface area contributed by atoms with E-state index in [1.807, 2.05) is 4.90 Å². The first kappa shape index (κ1) is 17.0. The summed E-state index contributed by atoms with van der Waals surface area (Å²) in [6, 6.07) is 15.0. The van der Waals surface area contributed by atoms with Gasteiger partial charge in [-0.15, -0.1) is 0 Å². The summed E-state index contributed by atoms with van der Waals surface area (Å²) in [5.74, 6) is -0.392. The van der Waals surface area contributed by atoms with Crippen molar-refractivity contribution in [1.82, 2.24) is 4.90 Å². The Labute approximate surface area is 147 Å². The van der Waals surface area contributed by atoms with Crippen LogP contribution in [-0.4, -0.2) is 30.6 Å². The van der Waals surface area contributed by atoms with Crippen molar-refractivity contribution < 1.29 is 14.3 Å². The lowest BCUT2D eigenvalue weighted by molar-refractivity contribution is 0.0600. The fourth-order valence-corrected chi connectivity index (χ4v) is 3.15. The molecule has 0 radical (unpaired) electrons. The summed E-state index contributed by atoms with van der Waals surface area (Å²) < 4.78 is 4.68. The number of esters is 1. The molecule has 2 amide bonds. The molecule has 1 N–H and O–H groups in total. The predicted octanol–water partition coefficient (Wildman–Crippen LogP) is 4.15. The van der Waals surface area contributed by atoms with Crippen molar-refractivity contribution in [1.29, 1.82) is 0 Å². The number of carbonyl (C=O) groups excluding carboxylic acids is 2. The summed E-state index contributed by atoms with van der Waals surface area (Å²) in [4.78, 5) is 26.0. The standard InChI is InChI=1S/C20H22N2O3/c1-14-5-7-15(8-6-14)18-4-3-13-22(18)20(24)21-17-11-9-16(10-12-17)19(23)25-2/h5-12,18H,3-4,13H2,1-2H3,(H,21,24). The van der Waals surface area contributed by atoms with Crippen molar-refractivity contribution in [2.45, 2.75) is 25.8 Å². The minimum absolute atomic E-state index is 0.106. The fraction of sp³-hybridized carbons (Fsp3) is 0.300. The molecular weight excluding hydrogens is 316 g/mol. The number of anilines is 1. The van der Waals surface area contributed by atoms with Crippen LogP contribution >= 0.6 is 0 Å². The van der Waals surface area contributed by atoms with Gasteiger partial charge in [-0.1, -0.05) is 29.8 Å². The maximum absolute atomic E-state index is 12.7. The van der Waals surface area contributed by atoms with Crippen LogP contribution in [0, 0.1) is 6.92 Å². The van der Waals surface area contributed by atoms with E-state index < -0.39 is 5.97 Å². The zero-order valence-electron chi connectivity index (χ0n) is 14.5. The number of ether oxygens (including phenoxy) is 1. The van der Waals surface area contributed by atoms with E-state index >= 15 is 0 Å². The van der Waals surface area contributed by atoms with Gasteiger partial charge in [0.2, 0.25) is 0 Å². The minimum atomic E-state index is -0.392. The Hall–Kier alpha value is -2.82. The lowest BCUT2D eigenvalue weighted by Gasteiger charge is -2.25. The number of nitrogens with one attached hydrogen (secondary N) is 1. The Kier molecular flexibility index (Phi) is 5.03. The first-order valence-corrected chi connectivity index (χ1v) is 8.41. The number of nitrogens with zero attached hydrogens (tertiary/aromatic N) is 1. The molecule has 1 heterocycles. The Morgan fingerprint density at radius 2 is 1.76 bits per heavy atom. The number of carbonyl (C=O) groups is 2. The lowest BCUT2D eigenvalue weighted by Crippen LogP contribution is -2.34. The van der Waals surface area contributed by atoms with Crippen LogP contribution in [0.4, 0.5) is 10.5 Å². The van der Waals surface area contributed by atoms with Crippen molar-refractivity contribution >= 4 is 17.7 Å². The highest BCUT2D eigenvalue weighted by Crippen LogP contribution is 2.32. The average molecular weight is 338 g/mol. The van der Waals surface area contributed by atoms with E-state index in [0.29, 0.717) is 11.3 Å². The first-order chi connectivity index (χ1) is 12.1. The van der Waals surface area contributed by atoms with Crippen molar-refractivity contribution in [2.75, 3.05) is 19.0 Å². The van der Waals surface area contributed by atoms with Gasteiger partial charge in [0.05, 0.1) is 18.7 Å². The van der Waals surface area contributed by atoms with E-state index in [1.165, 1.54) is 18.2 Å². The van der Waals surface area contributed by atoms with Crippen LogP contribution in [-0.2, 0) is 4.74 Å². The van der Waals surface area contributed by atoms with E-state index in [4.69, 9.17) is 0 Å². The van der Waals surface area contributed by atoms with Gasteiger partial charge in [-0.05, 0) is 49.6 Å². The molecule has 0 aromatic heterocycles. The lowest BCUT2D eigenvalue weighted by atomic mass is 10.0. The number of amides is 2. The molecule has 25 heavy (non-hydrogen) atoms. The SMILES string of the molecule is COC(=O)c1ccc(NC(=O)N2CCCC2c2ccc(C)cc2)cc1. The normalized spacial score (nSPS) is 16.6. The van der Waals surface area contributed by atoms with E-state index in [-0.39, 0.29) is 12.1 Å². The van der Waals surface area contributed by atoms with Crippen LogP contribution in [0.5, 0.6) is 0 Å². The van der Waals surface area contributed by atoms with Crippen LogP contribution in [0.3, 0.4) is 0 Å². The Balaban J connectivity index is 1.69. The zero-order valence-corrected chi connectivity index (χ0v) is 14.5. The molecule has 0 saturated carbocycles. The molecule has 1 atom stereocenters. The molecule has 0 bridgehead atoms. The molecular formula is C20H22N2O3. The Bertz CT molecular complexity index is 754. The highest BCUT2D eigenvalue weighted by Gasteiger charge is 2.29. The quantitative estimate of drug-likeness (QED) is 0.855.